The Labute approximate surface area is 109 Å². The largest absolute Gasteiger partial charge is 0.377 e. The van der Waals surface area contributed by atoms with Gasteiger partial charge < -0.3 is 10.1 Å². The maximum absolute atomic E-state index is 9.20. The lowest BCUT2D eigenvalue weighted by Crippen LogP contribution is -2.33. The highest BCUT2D eigenvalue weighted by atomic mass is 16.5. The number of nitrogens with one attached hydrogen (secondary N) is 1. The van der Waals surface area contributed by atoms with E-state index in [0.717, 1.165) is 25.1 Å². The normalized spacial score (nSPS) is 21.2. The highest BCUT2D eigenvalue weighted by molar-refractivity contribution is 5.24. The Morgan fingerprint density at radius 2 is 2.17 bits per heavy atom. The zero-order valence-corrected chi connectivity index (χ0v) is 10.6. The summed E-state index contributed by atoms with van der Waals surface area (Å²) in [5.74, 6) is -0.0743. The molecule has 1 heterocycles. The first-order chi connectivity index (χ1) is 8.90. The first-order valence-corrected chi connectivity index (χ1v) is 6.67. The number of benzene rings is 1. The van der Waals surface area contributed by atoms with Crippen molar-refractivity contribution in [2.24, 2.45) is 0 Å². The topological polar surface area (TPSA) is 45.0 Å². The molecule has 1 aliphatic rings. The summed E-state index contributed by atoms with van der Waals surface area (Å²) in [6.45, 7) is 2.43. The molecule has 1 N–H and O–H groups in total. The van der Waals surface area contributed by atoms with E-state index in [2.05, 4.69) is 11.4 Å². The predicted molar refractivity (Wildman–Crippen MR) is 71.3 cm³/mol. The van der Waals surface area contributed by atoms with Gasteiger partial charge in [-0.15, -0.1) is 0 Å². The van der Waals surface area contributed by atoms with E-state index in [-0.39, 0.29) is 5.92 Å². The van der Waals surface area contributed by atoms with E-state index in [1.54, 1.807) is 0 Å². The average Bonchev–Trinajstić information content (AvgIpc) is 2.46. The fourth-order valence-electron chi connectivity index (χ4n) is 2.28. The Morgan fingerprint density at radius 1 is 1.33 bits per heavy atom. The van der Waals surface area contributed by atoms with Crippen LogP contribution in [0.2, 0.25) is 0 Å². The van der Waals surface area contributed by atoms with Crippen molar-refractivity contribution >= 4 is 0 Å². The monoisotopic (exact) mass is 244 g/mol. The van der Waals surface area contributed by atoms with E-state index in [4.69, 9.17) is 4.74 Å². The Kier molecular flexibility index (Phi) is 5.19. The third-order valence-corrected chi connectivity index (χ3v) is 3.35. The van der Waals surface area contributed by atoms with E-state index in [1.165, 1.54) is 12.8 Å². The van der Waals surface area contributed by atoms with Crippen molar-refractivity contribution in [1.29, 1.82) is 5.26 Å². The van der Waals surface area contributed by atoms with Crippen molar-refractivity contribution in [2.75, 3.05) is 19.7 Å². The van der Waals surface area contributed by atoms with Crippen LogP contribution in [0.15, 0.2) is 30.3 Å². The van der Waals surface area contributed by atoms with Crippen LogP contribution in [0.25, 0.3) is 0 Å². The molecule has 0 spiro atoms. The molecular weight excluding hydrogens is 224 g/mol. The quantitative estimate of drug-likeness (QED) is 0.865. The molecule has 1 aromatic rings. The lowest BCUT2D eigenvalue weighted by Gasteiger charge is -2.23. The van der Waals surface area contributed by atoms with Crippen LogP contribution in [0.4, 0.5) is 0 Å². The van der Waals surface area contributed by atoms with Gasteiger partial charge in [-0.25, -0.2) is 0 Å². The van der Waals surface area contributed by atoms with Gasteiger partial charge >= 0.3 is 0 Å². The molecule has 0 aromatic heterocycles. The second kappa shape index (κ2) is 7.15. The molecule has 1 saturated heterocycles. The van der Waals surface area contributed by atoms with Gasteiger partial charge in [-0.3, -0.25) is 0 Å². The van der Waals surface area contributed by atoms with Crippen molar-refractivity contribution in [3.8, 4) is 6.07 Å². The number of hydrogen-bond donors (Lipinski definition) is 1. The number of rotatable bonds is 5. The molecule has 96 valence electrons. The summed E-state index contributed by atoms with van der Waals surface area (Å²) in [7, 11) is 0. The molecule has 0 saturated carbocycles. The Morgan fingerprint density at radius 3 is 2.83 bits per heavy atom. The molecule has 0 bridgehead atoms. The van der Waals surface area contributed by atoms with Crippen molar-refractivity contribution < 1.29 is 4.74 Å². The zero-order chi connectivity index (χ0) is 12.6. The third-order valence-electron chi connectivity index (χ3n) is 3.35. The van der Waals surface area contributed by atoms with Crippen LogP contribution in [-0.4, -0.2) is 25.8 Å². The molecule has 2 unspecified atom stereocenters. The van der Waals surface area contributed by atoms with Crippen LogP contribution < -0.4 is 5.32 Å². The highest BCUT2D eigenvalue weighted by Crippen LogP contribution is 2.14. The van der Waals surface area contributed by atoms with Crippen molar-refractivity contribution in [3.05, 3.63) is 35.9 Å². The second-order valence-electron chi connectivity index (χ2n) is 4.74. The first kappa shape index (κ1) is 13.1. The van der Waals surface area contributed by atoms with Gasteiger partial charge in [-0.2, -0.15) is 5.26 Å². The molecular formula is C15H20N2O. The molecule has 3 heteroatoms. The smallest absolute Gasteiger partial charge is 0.0837 e. The molecule has 18 heavy (non-hydrogen) atoms. The molecule has 0 radical (unpaired) electrons. The van der Waals surface area contributed by atoms with Crippen LogP contribution in [0.3, 0.4) is 0 Å². The van der Waals surface area contributed by atoms with Gasteiger partial charge in [0.1, 0.15) is 0 Å². The number of nitriles is 1. The molecule has 2 rings (SSSR count). The van der Waals surface area contributed by atoms with Crippen molar-refractivity contribution in [2.45, 2.75) is 31.3 Å². The summed E-state index contributed by atoms with van der Waals surface area (Å²) < 4.78 is 5.65. The molecule has 3 nitrogen and oxygen atoms in total. The Hall–Kier alpha value is -1.37. The van der Waals surface area contributed by atoms with Crippen LogP contribution in [0, 0.1) is 11.3 Å². The van der Waals surface area contributed by atoms with Crippen LogP contribution in [0.1, 0.15) is 30.7 Å². The number of ether oxygens (including phenoxy) is 1. The summed E-state index contributed by atoms with van der Waals surface area (Å²) in [6.07, 6.45) is 3.90. The van der Waals surface area contributed by atoms with Crippen molar-refractivity contribution in [3.63, 3.8) is 0 Å². The fourth-order valence-corrected chi connectivity index (χ4v) is 2.28. The van der Waals surface area contributed by atoms with Gasteiger partial charge in [0.05, 0.1) is 18.1 Å². The molecule has 2 atom stereocenters. The van der Waals surface area contributed by atoms with Gasteiger partial charge in [0.15, 0.2) is 0 Å². The van der Waals surface area contributed by atoms with E-state index >= 15 is 0 Å². The SMILES string of the molecule is N#CC(CNCC1CCCCO1)c1ccccc1. The van der Waals surface area contributed by atoms with Gasteiger partial charge in [0.25, 0.3) is 0 Å². The summed E-state index contributed by atoms with van der Waals surface area (Å²) in [6, 6.07) is 12.3. The van der Waals surface area contributed by atoms with Gasteiger partial charge in [0, 0.05) is 19.7 Å². The summed E-state index contributed by atoms with van der Waals surface area (Å²) in [5, 5.41) is 12.6. The predicted octanol–water partition coefficient (Wildman–Crippen LogP) is 2.45. The maximum atomic E-state index is 9.20. The summed E-state index contributed by atoms with van der Waals surface area (Å²) in [4.78, 5) is 0. The summed E-state index contributed by atoms with van der Waals surface area (Å²) in [5.41, 5.74) is 1.08. The van der Waals surface area contributed by atoms with Crippen molar-refractivity contribution in [1.82, 2.24) is 5.32 Å². The molecule has 1 fully saturated rings. The lowest BCUT2D eigenvalue weighted by molar-refractivity contribution is 0.0170. The lowest BCUT2D eigenvalue weighted by atomic mass is 10.0. The van der Waals surface area contributed by atoms with Gasteiger partial charge in [-0.1, -0.05) is 30.3 Å². The minimum atomic E-state index is -0.0743. The Bertz CT molecular complexity index is 379. The summed E-state index contributed by atoms with van der Waals surface area (Å²) >= 11 is 0. The van der Waals surface area contributed by atoms with Gasteiger partial charge in [-0.05, 0) is 24.8 Å². The van der Waals surface area contributed by atoms with E-state index in [9.17, 15) is 5.26 Å². The molecule has 1 aromatic carbocycles. The standard InChI is InChI=1S/C15H20N2O/c16-10-14(13-6-2-1-3-7-13)11-17-12-15-8-4-5-9-18-15/h1-3,6-7,14-15,17H,4-5,8-9,11-12H2. The third kappa shape index (κ3) is 3.83. The fraction of sp³-hybridized carbons (Fsp3) is 0.533. The number of hydrogen-bond acceptors (Lipinski definition) is 3. The van der Waals surface area contributed by atoms with Crippen LogP contribution in [-0.2, 0) is 4.74 Å². The van der Waals surface area contributed by atoms with E-state index in [0.29, 0.717) is 12.6 Å². The zero-order valence-electron chi connectivity index (χ0n) is 10.6. The minimum absolute atomic E-state index is 0.0743. The van der Waals surface area contributed by atoms with Crippen LogP contribution >= 0.6 is 0 Å². The first-order valence-electron chi connectivity index (χ1n) is 6.67. The molecule has 0 aliphatic carbocycles. The Balaban J connectivity index is 1.76. The molecule has 0 amide bonds. The minimum Gasteiger partial charge on any atom is -0.377 e. The highest BCUT2D eigenvalue weighted by Gasteiger charge is 2.15. The second-order valence-corrected chi connectivity index (χ2v) is 4.74. The van der Waals surface area contributed by atoms with E-state index < -0.39 is 0 Å². The number of nitrogens with zero attached hydrogens (tertiary/aromatic N) is 1. The molecule has 1 aliphatic heterocycles. The average molecular weight is 244 g/mol. The maximum Gasteiger partial charge on any atom is 0.0837 e. The van der Waals surface area contributed by atoms with E-state index in [1.807, 2.05) is 30.3 Å². The van der Waals surface area contributed by atoms with Crippen LogP contribution in [0.5, 0.6) is 0 Å². The van der Waals surface area contributed by atoms with Gasteiger partial charge in [0.2, 0.25) is 0 Å².